The molecule has 182 valence electrons. The van der Waals surface area contributed by atoms with Crippen molar-refractivity contribution in [3.63, 3.8) is 0 Å². The first-order valence-electron chi connectivity index (χ1n) is 11.2. The molecule has 6 nitrogen and oxygen atoms in total. The molecule has 1 aliphatic rings. The molecule has 9 heteroatoms. The first-order valence-corrected chi connectivity index (χ1v) is 12.4. The van der Waals surface area contributed by atoms with Gasteiger partial charge in [0.2, 0.25) is 0 Å². The summed E-state index contributed by atoms with van der Waals surface area (Å²) < 4.78 is 24.3. The van der Waals surface area contributed by atoms with Gasteiger partial charge in [-0.1, -0.05) is 23.7 Å². The van der Waals surface area contributed by atoms with Crippen molar-refractivity contribution in [1.29, 1.82) is 10.5 Å². The number of carbonyl (C=O) groups is 1. The fourth-order valence-electron chi connectivity index (χ4n) is 3.96. The van der Waals surface area contributed by atoms with E-state index < -0.39 is 5.91 Å². The second-order valence-electron chi connectivity index (χ2n) is 8.10. The highest BCUT2D eigenvalue weighted by Gasteiger charge is 2.23. The Labute approximate surface area is 217 Å². The van der Waals surface area contributed by atoms with E-state index in [1.54, 1.807) is 24.3 Å². The zero-order valence-corrected chi connectivity index (χ0v) is 20.9. The average molecular weight is 522 g/mol. The van der Waals surface area contributed by atoms with E-state index in [1.807, 2.05) is 6.07 Å². The highest BCUT2D eigenvalue weighted by Crippen LogP contribution is 2.39. The van der Waals surface area contributed by atoms with Crippen LogP contribution in [-0.4, -0.2) is 13.0 Å². The summed E-state index contributed by atoms with van der Waals surface area (Å²) in [6.45, 7) is 0.142. The lowest BCUT2D eigenvalue weighted by Crippen LogP contribution is -2.13. The Morgan fingerprint density at radius 2 is 1.97 bits per heavy atom. The van der Waals surface area contributed by atoms with E-state index in [1.165, 1.54) is 36.7 Å². The van der Waals surface area contributed by atoms with Gasteiger partial charge in [-0.3, -0.25) is 4.79 Å². The van der Waals surface area contributed by atoms with Gasteiger partial charge in [0, 0.05) is 4.88 Å². The Morgan fingerprint density at radius 1 is 1.22 bits per heavy atom. The molecule has 0 saturated carbocycles. The summed E-state index contributed by atoms with van der Waals surface area (Å²) in [7, 11) is 1.45. The van der Waals surface area contributed by atoms with Crippen LogP contribution < -0.4 is 14.8 Å². The number of nitriles is 2. The maximum absolute atomic E-state index is 13.1. The fraction of sp³-hybridized carbons (Fsp3) is 0.222. The number of nitrogens with zero attached hydrogens (tertiary/aromatic N) is 2. The highest BCUT2D eigenvalue weighted by molar-refractivity contribution is 7.16. The molecule has 3 aromatic rings. The third-order valence-electron chi connectivity index (χ3n) is 5.73. The number of carbonyl (C=O) groups excluding carboxylic acids is 1. The molecule has 1 aliphatic carbocycles. The molecule has 36 heavy (non-hydrogen) atoms. The number of amides is 1. The number of ether oxygens (including phenoxy) is 2. The number of hydrogen-bond donors (Lipinski definition) is 1. The first-order chi connectivity index (χ1) is 17.4. The number of nitrogens with one attached hydrogen (secondary N) is 1. The predicted molar refractivity (Wildman–Crippen MR) is 137 cm³/mol. The van der Waals surface area contributed by atoms with Gasteiger partial charge in [-0.2, -0.15) is 10.5 Å². The Balaban J connectivity index is 1.55. The molecule has 1 N–H and O–H groups in total. The van der Waals surface area contributed by atoms with Gasteiger partial charge >= 0.3 is 0 Å². The van der Waals surface area contributed by atoms with Crippen LogP contribution in [-0.2, 0) is 24.2 Å². The summed E-state index contributed by atoms with van der Waals surface area (Å²) in [5.74, 6) is -0.359. The molecule has 0 fully saturated rings. The Kier molecular flexibility index (Phi) is 7.90. The van der Waals surface area contributed by atoms with Crippen LogP contribution in [0.5, 0.6) is 11.5 Å². The van der Waals surface area contributed by atoms with E-state index in [0.717, 1.165) is 41.7 Å². The number of aryl methyl sites for hydroxylation is 1. The van der Waals surface area contributed by atoms with E-state index in [0.29, 0.717) is 21.9 Å². The molecule has 4 rings (SSSR count). The van der Waals surface area contributed by atoms with Crippen LogP contribution in [0, 0.1) is 28.5 Å². The standard InChI is InChI=1S/C27H21ClFN3O3S/c1-34-23-12-17(11-22(28)25(23)35-15-16-6-8-19(29)9-7-16)10-18(13-30)26(33)32-27-21(14-31)20-4-2-3-5-24(20)36-27/h6-12H,2-5,15H2,1H3,(H,32,33)/b18-10+. The maximum atomic E-state index is 13.1. The van der Waals surface area contributed by atoms with Crippen LogP contribution >= 0.6 is 22.9 Å². The number of fused-ring (bicyclic) bond motifs is 1. The monoisotopic (exact) mass is 521 g/mol. The van der Waals surface area contributed by atoms with E-state index in [4.69, 9.17) is 21.1 Å². The summed E-state index contributed by atoms with van der Waals surface area (Å²) in [5.41, 5.74) is 2.54. The molecule has 0 atom stereocenters. The first kappa shape index (κ1) is 25.2. The van der Waals surface area contributed by atoms with Crippen molar-refractivity contribution in [1.82, 2.24) is 0 Å². The number of benzene rings is 2. The average Bonchev–Trinajstić information content (AvgIpc) is 3.24. The summed E-state index contributed by atoms with van der Waals surface area (Å²) >= 11 is 7.82. The molecule has 1 amide bonds. The highest BCUT2D eigenvalue weighted by atomic mass is 35.5. The van der Waals surface area contributed by atoms with Gasteiger partial charge in [0.1, 0.15) is 35.1 Å². The molecule has 1 heterocycles. The van der Waals surface area contributed by atoms with Crippen molar-refractivity contribution in [2.75, 3.05) is 12.4 Å². The van der Waals surface area contributed by atoms with Gasteiger partial charge in [-0.05, 0) is 72.7 Å². The zero-order valence-electron chi connectivity index (χ0n) is 19.4. The van der Waals surface area contributed by atoms with Crippen LogP contribution in [0.3, 0.4) is 0 Å². The minimum absolute atomic E-state index is 0.142. The molecular weight excluding hydrogens is 501 g/mol. The molecular formula is C27H21ClFN3O3S. The summed E-state index contributed by atoms with van der Waals surface area (Å²) in [6, 6.07) is 13.2. The number of hydrogen-bond acceptors (Lipinski definition) is 6. The van der Waals surface area contributed by atoms with Gasteiger partial charge in [0.15, 0.2) is 11.5 Å². The molecule has 0 aliphatic heterocycles. The van der Waals surface area contributed by atoms with Crippen LogP contribution in [0.2, 0.25) is 5.02 Å². The van der Waals surface area contributed by atoms with Crippen molar-refractivity contribution in [3.05, 3.63) is 79.9 Å². The van der Waals surface area contributed by atoms with E-state index in [9.17, 15) is 19.7 Å². The van der Waals surface area contributed by atoms with Crippen molar-refractivity contribution < 1.29 is 18.7 Å². The van der Waals surface area contributed by atoms with Crippen LogP contribution in [0.1, 0.15) is 40.0 Å². The molecule has 0 saturated heterocycles. The Morgan fingerprint density at radius 3 is 2.67 bits per heavy atom. The fourth-order valence-corrected chi connectivity index (χ4v) is 5.47. The molecule has 0 bridgehead atoms. The van der Waals surface area contributed by atoms with Crippen molar-refractivity contribution >= 4 is 39.9 Å². The molecule has 0 unspecified atom stereocenters. The van der Waals surface area contributed by atoms with Gasteiger partial charge < -0.3 is 14.8 Å². The smallest absolute Gasteiger partial charge is 0.266 e. The van der Waals surface area contributed by atoms with Gasteiger partial charge in [0.25, 0.3) is 5.91 Å². The maximum Gasteiger partial charge on any atom is 0.266 e. The largest absolute Gasteiger partial charge is 0.493 e. The minimum atomic E-state index is -0.612. The van der Waals surface area contributed by atoms with Crippen LogP contribution in [0.4, 0.5) is 9.39 Å². The lowest BCUT2D eigenvalue weighted by atomic mass is 9.96. The van der Waals surface area contributed by atoms with Crippen LogP contribution in [0.15, 0.2) is 42.0 Å². The Bertz CT molecular complexity index is 1420. The van der Waals surface area contributed by atoms with Gasteiger partial charge in [0.05, 0.1) is 17.7 Å². The van der Waals surface area contributed by atoms with Gasteiger partial charge in [-0.25, -0.2) is 4.39 Å². The third kappa shape index (κ3) is 5.52. The SMILES string of the molecule is COc1cc(/C=C(\C#N)C(=O)Nc2sc3c(c2C#N)CCCC3)cc(Cl)c1OCc1ccc(F)cc1. The summed E-state index contributed by atoms with van der Waals surface area (Å²) in [5, 5.41) is 22.7. The van der Waals surface area contributed by atoms with Crippen molar-refractivity contribution in [3.8, 4) is 23.6 Å². The van der Waals surface area contributed by atoms with E-state index in [-0.39, 0.29) is 28.8 Å². The second-order valence-corrected chi connectivity index (χ2v) is 9.61. The van der Waals surface area contributed by atoms with Gasteiger partial charge in [-0.15, -0.1) is 11.3 Å². The number of anilines is 1. The zero-order chi connectivity index (χ0) is 25.7. The predicted octanol–water partition coefficient (Wildman–Crippen LogP) is 6.42. The second kappa shape index (κ2) is 11.3. The van der Waals surface area contributed by atoms with Crippen molar-refractivity contribution in [2.45, 2.75) is 32.3 Å². The topological polar surface area (TPSA) is 95.1 Å². The molecule has 2 aromatic carbocycles. The number of methoxy groups -OCH3 is 1. The van der Waals surface area contributed by atoms with Crippen LogP contribution in [0.25, 0.3) is 6.08 Å². The number of rotatable bonds is 7. The molecule has 0 spiro atoms. The quantitative estimate of drug-likeness (QED) is 0.286. The van der Waals surface area contributed by atoms with E-state index in [2.05, 4.69) is 11.4 Å². The lowest BCUT2D eigenvalue weighted by Gasteiger charge is -2.13. The lowest BCUT2D eigenvalue weighted by molar-refractivity contribution is -0.112. The molecule has 1 aromatic heterocycles. The van der Waals surface area contributed by atoms with E-state index >= 15 is 0 Å². The minimum Gasteiger partial charge on any atom is -0.493 e. The number of thiophene rings is 1. The van der Waals surface area contributed by atoms with Crippen molar-refractivity contribution in [2.24, 2.45) is 0 Å². The third-order valence-corrected chi connectivity index (χ3v) is 7.22. The normalized spacial score (nSPS) is 12.8. The number of halogens is 2. The summed E-state index contributed by atoms with van der Waals surface area (Å²) in [4.78, 5) is 14.0. The summed E-state index contributed by atoms with van der Waals surface area (Å²) in [6.07, 6.45) is 5.18. The Hall–Kier alpha value is -3.85. The molecule has 0 radical (unpaired) electrons.